The Morgan fingerprint density at radius 3 is 2.74 bits per heavy atom. The smallest absolute Gasteiger partial charge is 0.299 e. The lowest BCUT2D eigenvalue weighted by atomic mass is 10.1. The Bertz CT molecular complexity index is 1440. The van der Waals surface area contributed by atoms with E-state index in [0.29, 0.717) is 30.9 Å². The number of benzene rings is 2. The van der Waals surface area contributed by atoms with Crippen molar-refractivity contribution in [3.63, 3.8) is 0 Å². The number of nitrogens with one attached hydrogen (secondary N) is 1. The van der Waals surface area contributed by atoms with Crippen LogP contribution in [0.2, 0.25) is 0 Å². The zero-order valence-electron chi connectivity index (χ0n) is 19.0. The summed E-state index contributed by atoms with van der Waals surface area (Å²) in [5, 5.41) is 1.01. The number of imidazole rings is 1. The quantitative estimate of drug-likeness (QED) is 0.445. The largest absolute Gasteiger partial charge is 0.358 e. The summed E-state index contributed by atoms with van der Waals surface area (Å²) in [6.45, 7) is 3.63. The summed E-state index contributed by atoms with van der Waals surface area (Å²) in [4.78, 5) is 55.9. The molecule has 0 bridgehead atoms. The number of amides is 2. The van der Waals surface area contributed by atoms with Crippen LogP contribution in [0.15, 0.2) is 54.0 Å². The lowest BCUT2D eigenvalue weighted by Crippen LogP contribution is -2.56. The minimum atomic E-state index is -0.647. The van der Waals surface area contributed by atoms with Crippen molar-refractivity contribution in [2.45, 2.75) is 13.0 Å². The SMILES string of the molecule is C[C@@H]1CN(c2scnc2-c2nc3ccccc3[nH]2)CCN1C(=O)CN1C(=O)C(=O)c2ccccc21. The number of H-pyrrole nitrogens is 1. The van der Waals surface area contributed by atoms with Gasteiger partial charge in [-0.05, 0) is 31.2 Å². The van der Waals surface area contributed by atoms with E-state index in [4.69, 9.17) is 4.98 Å². The second-order valence-electron chi connectivity index (χ2n) is 8.73. The van der Waals surface area contributed by atoms with Gasteiger partial charge in [0, 0.05) is 25.7 Å². The number of nitrogens with zero attached hydrogens (tertiary/aromatic N) is 5. The van der Waals surface area contributed by atoms with Gasteiger partial charge in [-0.15, -0.1) is 11.3 Å². The molecular formula is C25H22N6O3S. The van der Waals surface area contributed by atoms with Gasteiger partial charge >= 0.3 is 0 Å². The Labute approximate surface area is 205 Å². The summed E-state index contributed by atoms with van der Waals surface area (Å²) in [6.07, 6.45) is 0. The number of hydrogen-bond donors (Lipinski definition) is 1. The number of carbonyl (C=O) groups excluding carboxylic acids is 3. The molecule has 35 heavy (non-hydrogen) atoms. The van der Waals surface area contributed by atoms with E-state index in [9.17, 15) is 14.4 Å². The van der Waals surface area contributed by atoms with Crippen LogP contribution in [0.1, 0.15) is 17.3 Å². The van der Waals surface area contributed by atoms with Crippen LogP contribution in [-0.2, 0) is 9.59 Å². The van der Waals surface area contributed by atoms with E-state index >= 15 is 0 Å². The van der Waals surface area contributed by atoms with Crippen molar-refractivity contribution < 1.29 is 14.4 Å². The fourth-order valence-electron chi connectivity index (χ4n) is 4.84. The monoisotopic (exact) mass is 486 g/mol. The van der Waals surface area contributed by atoms with Crippen LogP contribution < -0.4 is 9.80 Å². The Hall–Kier alpha value is -4.05. The highest BCUT2D eigenvalue weighted by molar-refractivity contribution is 7.14. The highest BCUT2D eigenvalue weighted by atomic mass is 32.1. The number of fused-ring (bicyclic) bond motifs is 2. The molecule has 2 aromatic carbocycles. The van der Waals surface area contributed by atoms with Gasteiger partial charge in [0.05, 0.1) is 27.8 Å². The molecule has 0 saturated carbocycles. The number of carbonyl (C=O) groups is 3. The van der Waals surface area contributed by atoms with Gasteiger partial charge in [0.2, 0.25) is 5.91 Å². The predicted molar refractivity (Wildman–Crippen MR) is 134 cm³/mol. The Kier molecular flexibility index (Phi) is 5.10. The summed E-state index contributed by atoms with van der Waals surface area (Å²) in [5.74, 6) is -0.651. The molecule has 1 atom stereocenters. The predicted octanol–water partition coefficient (Wildman–Crippen LogP) is 2.95. The molecule has 6 rings (SSSR count). The first kappa shape index (κ1) is 21.5. The number of aromatic amines is 1. The average Bonchev–Trinajstić information content (AvgIpc) is 3.58. The Morgan fingerprint density at radius 1 is 1.11 bits per heavy atom. The maximum absolute atomic E-state index is 13.2. The minimum absolute atomic E-state index is 0.0782. The van der Waals surface area contributed by atoms with Gasteiger partial charge in [0.1, 0.15) is 17.2 Å². The van der Waals surface area contributed by atoms with E-state index in [-0.39, 0.29) is 18.5 Å². The molecule has 2 aromatic heterocycles. The van der Waals surface area contributed by atoms with Crippen molar-refractivity contribution >= 4 is 50.7 Å². The third-order valence-electron chi connectivity index (χ3n) is 6.57. The third-order valence-corrected chi connectivity index (χ3v) is 7.46. The maximum atomic E-state index is 13.2. The van der Waals surface area contributed by atoms with E-state index in [1.165, 1.54) is 4.90 Å². The minimum Gasteiger partial charge on any atom is -0.358 e. The van der Waals surface area contributed by atoms with E-state index in [2.05, 4.69) is 14.9 Å². The van der Waals surface area contributed by atoms with E-state index in [1.54, 1.807) is 40.5 Å². The van der Waals surface area contributed by atoms with Crippen LogP contribution in [-0.4, -0.2) is 69.7 Å². The van der Waals surface area contributed by atoms with Crippen LogP contribution in [0.5, 0.6) is 0 Å². The number of anilines is 2. The highest BCUT2D eigenvalue weighted by Crippen LogP contribution is 2.35. The molecule has 1 N–H and O–H groups in total. The molecule has 4 heterocycles. The summed E-state index contributed by atoms with van der Waals surface area (Å²) in [5.41, 5.74) is 5.32. The fourth-order valence-corrected chi connectivity index (χ4v) is 5.67. The number of para-hydroxylation sites is 3. The lowest BCUT2D eigenvalue weighted by Gasteiger charge is -2.41. The topological polar surface area (TPSA) is 102 Å². The molecular weight excluding hydrogens is 464 g/mol. The van der Waals surface area contributed by atoms with Gasteiger partial charge in [-0.2, -0.15) is 0 Å². The van der Waals surface area contributed by atoms with E-state index in [1.807, 2.05) is 36.7 Å². The highest BCUT2D eigenvalue weighted by Gasteiger charge is 2.38. The number of thiazole rings is 1. The number of rotatable bonds is 4. The van der Waals surface area contributed by atoms with Crippen LogP contribution in [0.4, 0.5) is 10.7 Å². The first-order valence-corrected chi connectivity index (χ1v) is 12.3. The number of ketones is 1. The van der Waals surface area contributed by atoms with Crippen molar-refractivity contribution in [2.75, 3.05) is 36.0 Å². The average molecular weight is 487 g/mol. The van der Waals surface area contributed by atoms with Gasteiger partial charge in [0.25, 0.3) is 11.7 Å². The van der Waals surface area contributed by atoms with Gasteiger partial charge < -0.3 is 14.8 Å². The molecule has 0 radical (unpaired) electrons. The molecule has 2 aliphatic rings. The molecule has 0 unspecified atom stereocenters. The molecule has 10 heteroatoms. The molecule has 1 saturated heterocycles. The van der Waals surface area contributed by atoms with Crippen molar-refractivity contribution in [3.8, 4) is 11.5 Å². The van der Waals surface area contributed by atoms with Gasteiger partial charge in [0.15, 0.2) is 5.82 Å². The van der Waals surface area contributed by atoms with Crippen LogP contribution in [0.25, 0.3) is 22.6 Å². The summed E-state index contributed by atoms with van der Waals surface area (Å²) in [6, 6.07) is 14.6. The summed E-state index contributed by atoms with van der Waals surface area (Å²) < 4.78 is 0. The zero-order chi connectivity index (χ0) is 24.1. The van der Waals surface area contributed by atoms with Gasteiger partial charge in [-0.25, -0.2) is 9.97 Å². The second kappa shape index (κ2) is 8.31. The van der Waals surface area contributed by atoms with Gasteiger partial charge in [-0.3, -0.25) is 19.3 Å². The normalized spacial score (nSPS) is 18.0. The second-order valence-corrected chi connectivity index (χ2v) is 9.56. The number of hydrogen-bond acceptors (Lipinski definition) is 7. The molecule has 4 aromatic rings. The molecule has 1 fully saturated rings. The summed E-state index contributed by atoms with van der Waals surface area (Å²) >= 11 is 1.55. The van der Waals surface area contributed by atoms with Crippen molar-refractivity contribution in [1.29, 1.82) is 0 Å². The molecule has 0 spiro atoms. The first-order valence-electron chi connectivity index (χ1n) is 11.4. The molecule has 176 valence electrons. The lowest BCUT2D eigenvalue weighted by molar-refractivity contribution is -0.133. The van der Waals surface area contributed by atoms with Crippen LogP contribution >= 0.6 is 11.3 Å². The third kappa shape index (κ3) is 3.57. The molecule has 2 amide bonds. The Morgan fingerprint density at radius 2 is 1.91 bits per heavy atom. The van der Waals surface area contributed by atoms with E-state index in [0.717, 1.165) is 27.6 Å². The standard InChI is InChI=1S/C25H22N6O3S/c1-15-12-29(25-21(26-14-35-25)23-27-17-7-3-4-8-18(17)28-23)10-11-30(15)20(32)13-31-19-9-5-2-6-16(19)22(33)24(31)34/h2-9,14-15H,10-13H2,1H3,(H,27,28)/t15-/m1/s1. The van der Waals surface area contributed by atoms with Crippen LogP contribution in [0, 0.1) is 0 Å². The molecule has 0 aliphatic carbocycles. The maximum Gasteiger partial charge on any atom is 0.299 e. The van der Waals surface area contributed by atoms with Crippen molar-refractivity contribution in [2.24, 2.45) is 0 Å². The van der Waals surface area contributed by atoms with Crippen LogP contribution in [0.3, 0.4) is 0 Å². The number of piperazine rings is 1. The van der Waals surface area contributed by atoms with E-state index < -0.39 is 11.7 Å². The zero-order valence-corrected chi connectivity index (χ0v) is 19.8. The fraction of sp³-hybridized carbons (Fsp3) is 0.240. The first-order chi connectivity index (χ1) is 17.0. The van der Waals surface area contributed by atoms with Crippen molar-refractivity contribution in [3.05, 3.63) is 59.6 Å². The number of aromatic nitrogens is 3. The van der Waals surface area contributed by atoms with Gasteiger partial charge in [-0.1, -0.05) is 24.3 Å². The van der Waals surface area contributed by atoms with Crippen molar-refractivity contribution in [1.82, 2.24) is 19.9 Å². The molecule has 2 aliphatic heterocycles. The number of Topliss-reactive ketones (excluding diaryl/α,β-unsaturated/α-hetero) is 1. The summed E-state index contributed by atoms with van der Waals surface area (Å²) in [7, 11) is 0. The molecule has 9 nitrogen and oxygen atoms in total. The Balaban J connectivity index is 1.17.